The third-order valence-electron chi connectivity index (χ3n) is 3.10. The van der Waals surface area contributed by atoms with Crippen molar-refractivity contribution in [3.63, 3.8) is 0 Å². The Morgan fingerprint density at radius 1 is 1.15 bits per heavy atom. The first-order valence-corrected chi connectivity index (χ1v) is 8.19. The van der Waals surface area contributed by atoms with E-state index in [9.17, 15) is 4.79 Å². The number of anilines is 2. The lowest BCUT2D eigenvalue weighted by Crippen LogP contribution is -2.05. The SMILES string of the molecule is Cc1cc(N)n(-c2ccccc2)n1.NNc1ccccc1.[C-]#[N+]CC(C)=O. The Bertz CT molecular complexity index is 853. The van der Waals surface area contributed by atoms with Gasteiger partial charge in [-0.1, -0.05) is 36.4 Å². The van der Waals surface area contributed by atoms with Crippen molar-refractivity contribution in [2.45, 2.75) is 13.8 Å². The van der Waals surface area contributed by atoms with Crippen LogP contribution in [0.15, 0.2) is 66.7 Å². The van der Waals surface area contributed by atoms with Crippen LogP contribution < -0.4 is 17.0 Å². The number of hydrazine groups is 1. The molecule has 0 fully saturated rings. The summed E-state index contributed by atoms with van der Waals surface area (Å²) in [6.45, 7) is 9.49. The predicted octanol–water partition coefficient (Wildman–Crippen LogP) is 3.23. The molecule has 3 aromatic rings. The van der Waals surface area contributed by atoms with Crippen LogP contribution in [0.1, 0.15) is 12.6 Å². The Morgan fingerprint density at radius 3 is 2.04 bits per heavy atom. The van der Waals surface area contributed by atoms with Gasteiger partial charge < -0.3 is 16.0 Å². The summed E-state index contributed by atoms with van der Waals surface area (Å²) >= 11 is 0. The van der Waals surface area contributed by atoms with E-state index in [4.69, 9.17) is 18.1 Å². The summed E-state index contributed by atoms with van der Waals surface area (Å²) < 4.78 is 1.73. The van der Waals surface area contributed by atoms with Crippen LogP contribution in [-0.2, 0) is 4.79 Å². The van der Waals surface area contributed by atoms with Gasteiger partial charge in [0, 0.05) is 18.7 Å². The summed E-state index contributed by atoms with van der Waals surface area (Å²) in [5, 5.41) is 4.27. The van der Waals surface area contributed by atoms with E-state index < -0.39 is 0 Å². The van der Waals surface area contributed by atoms with Gasteiger partial charge in [-0.05, 0) is 31.2 Å². The molecule has 3 rings (SSSR count). The van der Waals surface area contributed by atoms with Gasteiger partial charge >= 0.3 is 0 Å². The van der Waals surface area contributed by atoms with E-state index in [-0.39, 0.29) is 12.3 Å². The number of aryl methyl sites for hydroxylation is 1. The van der Waals surface area contributed by atoms with Gasteiger partial charge in [0.1, 0.15) is 5.82 Å². The molecule has 2 aromatic carbocycles. The highest BCUT2D eigenvalue weighted by Crippen LogP contribution is 2.12. The molecule has 0 radical (unpaired) electrons. The van der Waals surface area contributed by atoms with Crippen LogP contribution in [0.2, 0.25) is 0 Å². The van der Waals surface area contributed by atoms with Crippen molar-refractivity contribution in [3.8, 4) is 5.69 Å². The highest BCUT2D eigenvalue weighted by molar-refractivity contribution is 5.78. The van der Waals surface area contributed by atoms with Crippen LogP contribution >= 0.6 is 0 Å². The molecule has 0 atom stereocenters. The van der Waals surface area contributed by atoms with Gasteiger partial charge in [-0.2, -0.15) is 5.10 Å². The highest BCUT2D eigenvalue weighted by Gasteiger charge is 2.02. The molecule has 0 aliphatic carbocycles. The Kier molecular flexibility index (Phi) is 9.39. The number of carbonyl (C=O) groups is 1. The van der Waals surface area contributed by atoms with E-state index in [1.54, 1.807) is 4.68 Å². The van der Waals surface area contributed by atoms with Crippen molar-refractivity contribution < 1.29 is 4.79 Å². The number of Topliss-reactive ketones (excluding diaryl/α,β-unsaturated/α-hetero) is 1. The third kappa shape index (κ3) is 8.34. The molecule has 0 saturated carbocycles. The van der Waals surface area contributed by atoms with Gasteiger partial charge in [0.2, 0.25) is 5.78 Å². The molecule has 0 spiro atoms. The van der Waals surface area contributed by atoms with Crippen LogP contribution in [0, 0.1) is 13.5 Å². The lowest BCUT2D eigenvalue weighted by Gasteiger charge is -2.01. The van der Waals surface area contributed by atoms with Gasteiger partial charge in [-0.15, -0.1) is 0 Å². The maximum atomic E-state index is 9.83. The summed E-state index contributed by atoms with van der Waals surface area (Å²) in [6, 6.07) is 21.3. The standard InChI is InChI=1S/C10H11N3.C6H8N2.C4H5NO/c1-8-7-10(11)13(12-8)9-5-3-2-4-6-9;7-8-6-4-2-1-3-5-6;1-4(6)3-5-2/h2-7H,11H2,1H3;1-5,8H,7H2;3H2,1H3. The molecule has 0 bridgehead atoms. The number of aromatic nitrogens is 2. The number of rotatable bonds is 3. The predicted molar refractivity (Wildman–Crippen MR) is 109 cm³/mol. The van der Waals surface area contributed by atoms with Gasteiger partial charge in [-0.25, -0.2) is 11.3 Å². The number of nitrogens with zero attached hydrogens (tertiary/aromatic N) is 3. The van der Waals surface area contributed by atoms with Crippen LogP contribution in [0.5, 0.6) is 0 Å². The second-order valence-electron chi connectivity index (χ2n) is 5.49. The zero-order chi connectivity index (χ0) is 20.1. The maximum absolute atomic E-state index is 9.83. The van der Waals surface area contributed by atoms with Crippen molar-refractivity contribution in [3.05, 3.63) is 83.8 Å². The molecule has 0 unspecified atom stereocenters. The monoisotopic (exact) mass is 364 g/mol. The van der Waals surface area contributed by atoms with Crippen LogP contribution in [0.4, 0.5) is 11.5 Å². The van der Waals surface area contributed by atoms with Crippen LogP contribution in [0.25, 0.3) is 10.5 Å². The maximum Gasteiger partial charge on any atom is 0.271 e. The Balaban J connectivity index is 0.000000224. The first kappa shape index (κ1) is 21.4. The second kappa shape index (κ2) is 11.8. The fourth-order valence-corrected chi connectivity index (χ4v) is 1.94. The number of nitrogens with two attached hydrogens (primary N) is 2. The van der Waals surface area contributed by atoms with Gasteiger partial charge in [0.15, 0.2) is 0 Å². The number of nitrogen functional groups attached to an aromatic ring is 2. The smallest absolute Gasteiger partial charge is 0.271 e. The van der Waals surface area contributed by atoms with E-state index in [1.165, 1.54) is 6.92 Å². The average molecular weight is 364 g/mol. The molecule has 27 heavy (non-hydrogen) atoms. The molecular formula is C20H24N6O. The van der Waals surface area contributed by atoms with Crippen LogP contribution in [0.3, 0.4) is 0 Å². The third-order valence-corrected chi connectivity index (χ3v) is 3.10. The molecule has 0 amide bonds. The lowest BCUT2D eigenvalue weighted by molar-refractivity contribution is -0.115. The summed E-state index contributed by atoms with van der Waals surface area (Å²) in [5.41, 5.74) is 11.2. The van der Waals surface area contributed by atoms with Crippen molar-refractivity contribution in [2.75, 3.05) is 17.7 Å². The number of nitrogens with one attached hydrogen (secondary N) is 1. The topological polar surface area (TPSA) is 103 Å². The summed E-state index contributed by atoms with van der Waals surface area (Å²) in [4.78, 5) is 12.7. The second-order valence-corrected chi connectivity index (χ2v) is 5.49. The molecule has 0 aliphatic rings. The minimum atomic E-state index is -0.0648. The Morgan fingerprint density at radius 2 is 1.70 bits per heavy atom. The Labute approximate surface area is 159 Å². The summed E-state index contributed by atoms with van der Waals surface area (Å²) in [7, 11) is 0. The number of benzene rings is 2. The van der Waals surface area contributed by atoms with E-state index in [1.807, 2.05) is 73.7 Å². The minimum Gasteiger partial charge on any atom is -0.384 e. The highest BCUT2D eigenvalue weighted by atomic mass is 16.1. The molecule has 7 heteroatoms. The normalized spacial score (nSPS) is 8.96. The first-order chi connectivity index (χ1) is 13.0. The van der Waals surface area contributed by atoms with E-state index >= 15 is 0 Å². The Hall–Kier alpha value is -3.63. The molecule has 1 heterocycles. The molecule has 1 aromatic heterocycles. The minimum absolute atomic E-state index is 0.0278. The van der Waals surface area contributed by atoms with E-state index in [0.717, 1.165) is 17.1 Å². The van der Waals surface area contributed by atoms with Gasteiger partial charge in [-0.3, -0.25) is 10.6 Å². The summed E-state index contributed by atoms with van der Waals surface area (Å²) in [6.07, 6.45) is 0. The molecule has 5 N–H and O–H groups in total. The molecule has 140 valence electrons. The molecule has 0 saturated heterocycles. The molecule has 0 aliphatic heterocycles. The largest absolute Gasteiger partial charge is 0.384 e. The first-order valence-electron chi connectivity index (χ1n) is 8.19. The fraction of sp³-hybridized carbons (Fsp3) is 0.150. The van der Waals surface area contributed by atoms with Gasteiger partial charge in [0.05, 0.1) is 11.4 Å². The number of hydrogen-bond donors (Lipinski definition) is 3. The number of hydrogen-bond acceptors (Lipinski definition) is 5. The lowest BCUT2D eigenvalue weighted by atomic mass is 10.3. The number of carbonyl (C=O) groups excluding carboxylic acids is 1. The fourth-order valence-electron chi connectivity index (χ4n) is 1.94. The van der Waals surface area contributed by atoms with Crippen molar-refractivity contribution in [1.29, 1.82) is 0 Å². The van der Waals surface area contributed by atoms with Crippen LogP contribution in [-0.4, -0.2) is 22.1 Å². The van der Waals surface area contributed by atoms with E-state index in [0.29, 0.717) is 5.82 Å². The number of ketones is 1. The zero-order valence-corrected chi connectivity index (χ0v) is 15.5. The zero-order valence-electron chi connectivity index (χ0n) is 15.5. The molecule has 7 nitrogen and oxygen atoms in total. The molecular weight excluding hydrogens is 340 g/mol. The van der Waals surface area contributed by atoms with Gasteiger partial charge in [0.25, 0.3) is 6.54 Å². The van der Waals surface area contributed by atoms with Crippen molar-refractivity contribution >= 4 is 17.3 Å². The average Bonchev–Trinajstić information content (AvgIpc) is 3.02. The number of para-hydroxylation sites is 2. The van der Waals surface area contributed by atoms with Crippen molar-refractivity contribution in [1.82, 2.24) is 9.78 Å². The quantitative estimate of drug-likeness (QED) is 0.376. The van der Waals surface area contributed by atoms with Crippen molar-refractivity contribution in [2.24, 2.45) is 5.84 Å². The van der Waals surface area contributed by atoms with E-state index in [2.05, 4.69) is 15.4 Å². The summed E-state index contributed by atoms with van der Waals surface area (Å²) in [5.74, 6) is 5.71.